The van der Waals surface area contributed by atoms with Crippen LogP contribution in [-0.4, -0.2) is 82.9 Å². The van der Waals surface area contributed by atoms with E-state index in [2.05, 4.69) is 46.3 Å². The zero-order valence-electron chi connectivity index (χ0n) is 19.4. The van der Waals surface area contributed by atoms with E-state index in [1.165, 1.54) is 16.0 Å². The van der Waals surface area contributed by atoms with Crippen molar-refractivity contribution in [2.75, 3.05) is 33.2 Å². The molecule has 5 rings (SSSR count). The zero-order valence-corrected chi connectivity index (χ0v) is 20.2. The van der Waals surface area contributed by atoms with Crippen LogP contribution in [-0.2, 0) is 17.9 Å². The molecule has 1 N–H and O–H groups in total. The van der Waals surface area contributed by atoms with Crippen LogP contribution in [0.5, 0.6) is 0 Å². The maximum absolute atomic E-state index is 12.9. The number of benzene rings is 2. The summed E-state index contributed by atoms with van der Waals surface area (Å²) < 4.78 is 0. The summed E-state index contributed by atoms with van der Waals surface area (Å²) in [6, 6.07) is 15.3. The van der Waals surface area contributed by atoms with E-state index in [0.717, 1.165) is 44.2 Å². The summed E-state index contributed by atoms with van der Waals surface area (Å²) in [7, 11) is 1.69. The predicted molar refractivity (Wildman–Crippen MR) is 131 cm³/mol. The molecule has 8 nitrogen and oxygen atoms in total. The number of halogens is 1. The lowest BCUT2D eigenvalue weighted by Gasteiger charge is -2.40. The highest BCUT2D eigenvalue weighted by Gasteiger charge is 2.49. The fourth-order valence-corrected chi connectivity index (χ4v) is 5.03. The summed E-state index contributed by atoms with van der Waals surface area (Å²) in [5.74, 6) is 0.468. The zero-order chi connectivity index (χ0) is 23.8. The normalized spacial score (nSPS) is 23.1. The van der Waals surface area contributed by atoms with Crippen LogP contribution in [0, 0.1) is 6.92 Å². The molecule has 0 bridgehead atoms. The number of hydrogen-bond donors (Lipinski definition) is 1. The number of amides is 3. The standard InChI is InChI=1S/C25H29ClN6O2/c1-17-4-3-5-19(14-17)15-30-10-12-31(13-11-30)24-27-22-21(23(33)28-25(34)29(22)2)32(24)16-18-6-8-20(26)9-7-18/h3-9,14,21-22H,10-13,15-16H2,1-2H3,(H,28,33,34). The highest BCUT2D eigenvalue weighted by atomic mass is 35.5. The van der Waals surface area contributed by atoms with Gasteiger partial charge in [0.25, 0.3) is 5.91 Å². The Kier molecular flexibility index (Phi) is 6.18. The van der Waals surface area contributed by atoms with Gasteiger partial charge in [0.05, 0.1) is 0 Å². The molecule has 0 saturated carbocycles. The average molecular weight is 481 g/mol. The van der Waals surface area contributed by atoms with Crippen molar-refractivity contribution in [2.45, 2.75) is 32.2 Å². The number of rotatable bonds is 4. The lowest BCUT2D eigenvalue weighted by atomic mass is 10.1. The van der Waals surface area contributed by atoms with E-state index in [1.807, 2.05) is 29.2 Å². The van der Waals surface area contributed by atoms with Crippen molar-refractivity contribution in [3.05, 3.63) is 70.2 Å². The van der Waals surface area contributed by atoms with Gasteiger partial charge in [-0.05, 0) is 30.2 Å². The van der Waals surface area contributed by atoms with E-state index >= 15 is 0 Å². The Labute approximate surface area is 204 Å². The van der Waals surface area contributed by atoms with Gasteiger partial charge in [-0.3, -0.25) is 15.0 Å². The highest BCUT2D eigenvalue weighted by Crippen LogP contribution is 2.28. The van der Waals surface area contributed by atoms with Crippen molar-refractivity contribution < 1.29 is 9.59 Å². The number of fused-ring (bicyclic) bond motifs is 1. The maximum Gasteiger partial charge on any atom is 0.325 e. The quantitative estimate of drug-likeness (QED) is 0.728. The van der Waals surface area contributed by atoms with Crippen LogP contribution in [0.2, 0.25) is 5.02 Å². The molecule has 0 aliphatic carbocycles. The second-order valence-corrected chi connectivity index (χ2v) is 9.64. The van der Waals surface area contributed by atoms with E-state index in [1.54, 1.807) is 7.05 Å². The Morgan fingerprint density at radius 1 is 1.00 bits per heavy atom. The average Bonchev–Trinajstić information content (AvgIpc) is 3.19. The number of hydrogen-bond acceptors (Lipinski definition) is 6. The molecule has 3 heterocycles. The van der Waals surface area contributed by atoms with Gasteiger partial charge in [0.15, 0.2) is 18.2 Å². The van der Waals surface area contributed by atoms with Crippen LogP contribution in [0.4, 0.5) is 4.79 Å². The Balaban J connectivity index is 1.34. The summed E-state index contributed by atoms with van der Waals surface area (Å²) in [5.41, 5.74) is 3.62. The van der Waals surface area contributed by atoms with Crippen LogP contribution in [0.3, 0.4) is 0 Å². The Morgan fingerprint density at radius 2 is 1.74 bits per heavy atom. The molecule has 178 valence electrons. The van der Waals surface area contributed by atoms with Gasteiger partial charge < -0.3 is 14.7 Å². The number of urea groups is 1. The first-order valence-corrected chi connectivity index (χ1v) is 12.0. The van der Waals surface area contributed by atoms with E-state index in [0.29, 0.717) is 11.6 Å². The van der Waals surface area contributed by atoms with Gasteiger partial charge >= 0.3 is 6.03 Å². The fraction of sp³-hybridized carbons (Fsp3) is 0.400. The molecule has 2 saturated heterocycles. The van der Waals surface area contributed by atoms with Crippen LogP contribution < -0.4 is 5.32 Å². The molecular formula is C25H29ClN6O2. The third-order valence-electron chi connectivity index (χ3n) is 6.75. The third kappa shape index (κ3) is 4.48. The van der Waals surface area contributed by atoms with Crippen LogP contribution in [0.25, 0.3) is 0 Å². The van der Waals surface area contributed by atoms with Gasteiger partial charge in [-0.25, -0.2) is 9.79 Å². The van der Waals surface area contributed by atoms with Crippen molar-refractivity contribution in [3.63, 3.8) is 0 Å². The molecule has 0 aromatic heterocycles. The topological polar surface area (TPSA) is 71.5 Å². The number of likely N-dealkylation sites (N-methyl/N-ethyl adjacent to an activating group) is 1. The van der Waals surface area contributed by atoms with Gasteiger partial charge in [0.1, 0.15) is 0 Å². The molecule has 2 unspecified atom stereocenters. The largest absolute Gasteiger partial charge is 0.340 e. The lowest BCUT2D eigenvalue weighted by Crippen LogP contribution is -2.64. The van der Waals surface area contributed by atoms with E-state index in [-0.39, 0.29) is 5.91 Å². The fourth-order valence-electron chi connectivity index (χ4n) is 4.90. The first-order chi connectivity index (χ1) is 16.4. The first kappa shape index (κ1) is 22.7. The monoisotopic (exact) mass is 480 g/mol. The van der Waals surface area contributed by atoms with Gasteiger partial charge in [-0.1, -0.05) is 53.6 Å². The smallest absolute Gasteiger partial charge is 0.325 e. The SMILES string of the molecule is Cc1cccc(CN2CCN(C3=NC4C(C(=O)NC(=O)N4C)N3Cc3ccc(Cl)cc3)CC2)c1. The van der Waals surface area contributed by atoms with Crippen molar-refractivity contribution in [2.24, 2.45) is 4.99 Å². The molecule has 0 radical (unpaired) electrons. The molecule has 3 aliphatic rings. The summed E-state index contributed by atoms with van der Waals surface area (Å²) in [6.45, 7) is 6.96. The number of carbonyl (C=O) groups is 2. The van der Waals surface area contributed by atoms with Crippen molar-refractivity contribution >= 4 is 29.5 Å². The summed E-state index contributed by atoms with van der Waals surface area (Å²) in [4.78, 5) is 38.3. The minimum Gasteiger partial charge on any atom is -0.340 e. The number of nitrogens with one attached hydrogen (secondary N) is 1. The molecule has 2 aromatic carbocycles. The van der Waals surface area contributed by atoms with Crippen LogP contribution >= 0.6 is 11.6 Å². The van der Waals surface area contributed by atoms with Gasteiger partial charge in [0.2, 0.25) is 0 Å². The number of piperazine rings is 1. The molecule has 3 amide bonds. The Bertz CT molecular complexity index is 1110. The Hall–Kier alpha value is -3.10. The molecular weight excluding hydrogens is 452 g/mol. The molecule has 9 heteroatoms. The lowest BCUT2D eigenvalue weighted by molar-refractivity contribution is -0.127. The summed E-state index contributed by atoms with van der Waals surface area (Å²) in [5, 5.41) is 3.14. The molecule has 0 spiro atoms. The minimum atomic E-state index is -0.557. The van der Waals surface area contributed by atoms with Gasteiger partial charge in [0, 0.05) is 51.3 Å². The van der Waals surface area contributed by atoms with Crippen molar-refractivity contribution in [1.29, 1.82) is 0 Å². The minimum absolute atomic E-state index is 0.307. The van der Waals surface area contributed by atoms with Gasteiger partial charge in [-0.15, -0.1) is 0 Å². The van der Waals surface area contributed by atoms with Crippen LogP contribution in [0.1, 0.15) is 16.7 Å². The summed E-state index contributed by atoms with van der Waals surface area (Å²) in [6.07, 6.45) is -0.533. The number of nitrogens with zero attached hydrogens (tertiary/aromatic N) is 5. The van der Waals surface area contributed by atoms with E-state index in [4.69, 9.17) is 16.6 Å². The highest BCUT2D eigenvalue weighted by molar-refractivity contribution is 6.30. The van der Waals surface area contributed by atoms with Crippen LogP contribution in [0.15, 0.2) is 53.5 Å². The third-order valence-corrected chi connectivity index (χ3v) is 7.00. The predicted octanol–water partition coefficient (Wildman–Crippen LogP) is 2.51. The molecule has 34 heavy (non-hydrogen) atoms. The number of aliphatic imine (C=N–C) groups is 1. The Morgan fingerprint density at radius 3 is 2.44 bits per heavy atom. The second-order valence-electron chi connectivity index (χ2n) is 9.20. The first-order valence-electron chi connectivity index (χ1n) is 11.6. The number of aryl methyl sites for hydroxylation is 1. The summed E-state index contributed by atoms with van der Waals surface area (Å²) >= 11 is 6.07. The van der Waals surface area contributed by atoms with E-state index in [9.17, 15) is 9.59 Å². The molecule has 2 fully saturated rings. The van der Waals surface area contributed by atoms with Crippen molar-refractivity contribution in [1.82, 2.24) is 24.9 Å². The molecule has 2 aromatic rings. The van der Waals surface area contributed by atoms with Crippen molar-refractivity contribution in [3.8, 4) is 0 Å². The number of carbonyl (C=O) groups excluding carboxylic acids is 2. The molecule has 3 aliphatic heterocycles. The van der Waals surface area contributed by atoms with E-state index < -0.39 is 18.2 Å². The number of imide groups is 1. The van der Waals surface area contributed by atoms with Gasteiger partial charge in [-0.2, -0.15) is 0 Å². The second kappa shape index (κ2) is 9.27. The number of guanidine groups is 1. The molecule has 2 atom stereocenters. The maximum atomic E-state index is 12.9.